The standard InChI is InChI=1S/C11H12FN3OS/c1-7(14-11-15-13-6-17-11)9-4-3-8(16-2)5-10(9)12/h3-7H,1-2H3,(H,14,15). The van der Waals surface area contributed by atoms with Gasteiger partial charge >= 0.3 is 0 Å². The summed E-state index contributed by atoms with van der Waals surface area (Å²) in [5.41, 5.74) is 2.19. The highest BCUT2D eigenvalue weighted by atomic mass is 32.1. The molecule has 0 fully saturated rings. The van der Waals surface area contributed by atoms with Crippen LogP contribution in [0.15, 0.2) is 23.7 Å². The molecule has 1 unspecified atom stereocenters. The van der Waals surface area contributed by atoms with Crippen LogP contribution in [0.3, 0.4) is 0 Å². The average Bonchev–Trinajstić information content (AvgIpc) is 2.81. The van der Waals surface area contributed by atoms with Crippen molar-refractivity contribution < 1.29 is 9.13 Å². The quantitative estimate of drug-likeness (QED) is 0.910. The highest BCUT2D eigenvalue weighted by Gasteiger charge is 2.12. The largest absolute Gasteiger partial charge is 0.497 e. The van der Waals surface area contributed by atoms with E-state index >= 15 is 0 Å². The van der Waals surface area contributed by atoms with Crippen molar-refractivity contribution in [2.45, 2.75) is 13.0 Å². The lowest BCUT2D eigenvalue weighted by molar-refractivity contribution is 0.410. The van der Waals surface area contributed by atoms with E-state index in [9.17, 15) is 4.39 Å². The average molecular weight is 253 g/mol. The molecule has 1 aromatic heterocycles. The molecule has 0 bridgehead atoms. The van der Waals surface area contributed by atoms with E-state index in [1.165, 1.54) is 24.5 Å². The van der Waals surface area contributed by atoms with Gasteiger partial charge in [0.2, 0.25) is 5.13 Å². The van der Waals surface area contributed by atoms with Gasteiger partial charge in [-0.15, -0.1) is 10.2 Å². The number of nitrogens with zero attached hydrogens (tertiary/aromatic N) is 2. The van der Waals surface area contributed by atoms with Crippen molar-refractivity contribution in [1.82, 2.24) is 10.2 Å². The van der Waals surface area contributed by atoms with E-state index in [1.807, 2.05) is 6.92 Å². The summed E-state index contributed by atoms with van der Waals surface area (Å²) < 4.78 is 18.7. The Morgan fingerprint density at radius 2 is 2.29 bits per heavy atom. The number of anilines is 1. The molecule has 0 saturated heterocycles. The van der Waals surface area contributed by atoms with Gasteiger partial charge in [-0.25, -0.2) is 4.39 Å². The van der Waals surface area contributed by atoms with E-state index in [1.54, 1.807) is 17.6 Å². The maximum Gasteiger partial charge on any atom is 0.205 e. The molecule has 90 valence electrons. The molecular formula is C11H12FN3OS. The second-order valence-corrected chi connectivity index (χ2v) is 4.33. The van der Waals surface area contributed by atoms with Crippen LogP contribution in [0.1, 0.15) is 18.5 Å². The minimum Gasteiger partial charge on any atom is -0.497 e. The van der Waals surface area contributed by atoms with Gasteiger partial charge in [-0.3, -0.25) is 0 Å². The van der Waals surface area contributed by atoms with Gasteiger partial charge in [0, 0.05) is 11.6 Å². The number of hydrogen-bond acceptors (Lipinski definition) is 5. The Morgan fingerprint density at radius 3 is 2.88 bits per heavy atom. The van der Waals surface area contributed by atoms with Crippen molar-refractivity contribution in [2.75, 3.05) is 12.4 Å². The number of benzene rings is 1. The summed E-state index contributed by atoms with van der Waals surface area (Å²) in [7, 11) is 1.51. The first kappa shape index (κ1) is 11.8. The van der Waals surface area contributed by atoms with Gasteiger partial charge in [0.1, 0.15) is 17.1 Å². The van der Waals surface area contributed by atoms with Gasteiger partial charge in [-0.1, -0.05) is 17.4 Å². The number of ether oxygens (including phenoxy) is 1. The molecule has 0 aliphatic heterocycles. The van der Waals surface area contributed by atoms with Gasteiger partial charge in [0.25, 0.3) is 0 Å². The molecule has 1 heterocycles. The SMILES string of the molecule is COc1ccc(C(C)Nc2nncs2)c(F)c1. The molecule has 1 atom stereocenters. The van der Waals surface area contributed by atoms with Crippen molar-refractivity contribution in [2.24, 2.45) is 0 Å². The Morgan fingerprint density at radius 1 is 1.47 bits per heavy atom. The third-order valence-electron chi connectivity index (χ3n) is 2.37. The Balaban J connectivity index is 2.16. The monoisotopic (exact) mass is 253 g/mol. The Kier molecular flexibility index (Phi) is 3.53. The molecule has 0 spiro atoms. The van der Waals surface area contributed by atoms with Crippen LogP contribution in [0.4, 0.5) is 9.52 Å². The predicted octanol–water partition coefficient (Wildman–Crippen LogP) is 2.86. The number of aromatic nitrogens is 2. The highest BCUT2D eigenvalue weighted by molar-refractivity contribution is 7.13. The molecule has 17 heavy (non-hydrogen) atoms. The van der Waals surface area contributed by atoms with Gasteiger partial charge in [-0.05, 0) is 13.0 Å². The topological polar surface area (TPSA) is 47.0 Å². The van der Waals surface area contributed by atoms with E-state index in [0.717, 1.165) is 0 Å². The van der Waals surface area contributed by atoms with Crippen molar-refractivity contribution in [3.63, 3.8) is 0 Å². The van der Waals surface area contributed by atoms with E-state index in [2.05, 4.69) is 15.5 Å². The fraction of sp³-hybridized carbons (Fsp3) is 0.273. The van der Waals surface area contributed by atoms with Crippen LogP contribution in [0.25, 0.3) is 0 Å². The number of rotatable bonds is 4. The van der Waals surface area contributed by atoms with Crippen LogP contribution in [0.2, 0.25) is 0 Å². The van der Waals surface area contributed by atoms with E-state index in [4.69, 9.17) is 4.74 Å². The van der Waals surface area contributed by atoms with E-state index in [0.29, 0.717) is 16.4 Å². The molecule has 1 N–H and O–H groups in total. The van der Waals surface area contributed by atoms with Crippen LogP contribution in [0.5, 0.6) is 5.75 Å². The molecule has 0 saturated carbocycles. The zero-order valence-corrected chi connectivity index (χ0v) is 10.3. The summed E-state index contributed by atoms with van der Waals surface area (Å²) in [5.74, 6) is 0.211. The summed E-state index contributed by atoms with van der Waals surface area (Å²) in [4.78, 5) is 0. The Labute approximate surface area is 102 Å². The maximum absolute atomic E-state index is 13.8. The first-order chi connectivity index (χ1) is 8.20. The van der Waals surface area contributed by atoms with Crippen molar-refractivity contribution >= 4 is 16.5 Å². The van der Waals surface area contributed by atoms with Crippen LogP contribution in [-0.2, 0) is 0 Å². The molecule has 0 aliphatic carbocycles. The summed E-state index contributed by atoms with van der Waals surface area (Å²) in [6.45, 7) is 1.87. The third kappa shape index (κ3) is 2.71. The highest BCUT2D eigenvalue weighted by Crippen LogP contribution is 2.25. The minimum atomic E-state index is -0.297. The van der Waals surface area contributed by atoms with Crippen LogP contribution in [-0.4, -0.2) is 17.3 Å². The Bertz CT molecular complexity index is 489. The molecule has 0 aliphatic rings. The fourth-order valence-electron chi connectivity index (χ4n) is 1.48. The summed E-state index contributed by atoms with van der Waals surface area (Å²) in [6, 6.07) is 4.63. The number of methoxy groups -OCH3 is 1. The molecule has 2 aromatic rings. The minimum absolute atomic E-state index is 0.172. The maximum atomic E-state index is 13.8. The van der Waals surface area contributed by atoms with Gasteiger partial charge in [0.15, 0.2) is 0 Å². The number of nitrogens with one attached hydrogen (secondary N) is 1. The van der Waals surface area contributed by atoms with Gasteiger partial charge in [0.05, 0.1) is 13.2 Å². The first-order valence-electron chi connectivity index (χ1n) is 5.07. The van der Waals surface area contributed by atoms with Gasteiger partial charge in [-0.2, -0.15) is 0 Å². The van der Waals surface area contributed by atoms with Crippen molar-refractivity contribution in [3.8, 4) is 5.75 Å². The zero-order chi connectivity index (χ0) is 12.3. The molecule has 1 aromatic carbocycles. The van der Waals surface area contributed by atoms with Crippen molar-refractivity contribution in [3.05, 3.63) is 35.1 Å². The lowest BCUT2D eigenvalue weighted by atomic mass is 10.1. The summed E-state index contributed by atoms with van der Waals surface area (Å²) in [5, 5.41) is 11.3. The first-order valence-corrected chi connectivity index (χ1v) is 5.95. The van der Waals surface area contributed by atoms with Crippen molar-refractivity contribution in [1.29, 1.82) is 0 Å². The normalized spacial score (nSPS) is 12.2. The smallest absolute Gasteiger partial charge is 0.205 e. The van der Waals surface area contributed by atoms with Crippen LogP contribution >= 0.6 is 11.3 Å². The summed E-state index contributed by atoms with van der Waals surface area (Å²) in [6.07, 6.45) is 0. The lowest BCUT2D eigenvalue weighted by Gasteiger charge is -2.14. The third-order valence-corrected chi connectivity index (χ3v) is 3.00. The van der Waals surface area contributed by atoms with Crippen LogP contribution in [0, 0.1) is 5.82 Å². The molecule has 4 nitrogen and oxygen atoms in total. The molecule has 6 heteroatoms. The number of halogens is 1. The van der Waals surface area contributed by atoms with Crippen LogP contribution < -0.4 is 10.1 Å². The molecular weight excluding hydrogens is 241 g/mol. The van der Waals surface area contributed by atoms with E-state index < -0.39 is 0 Å². The fourth-order valence-corrected chi connectivity index (χ4v) is 2.02. The number of hydrogen-bond donors (Lipinski definition) is 1. The second-order valence-electron chi connectivity index (χ2n) is 3.50. The zero-order valence-electron chi connectivity index (χ0n) is 9.48. The van der Waals surface area contributed by atoms with E-state index in [-0.39, 0.29) is 11.9 Å². The molecule has 0 amide bonds. The lowest BCUT2D eigenvalue weighted by Crippen LogP contribution is -2.08. The second kappa shape index (κ2) is 5.09. The molecule has 0 radical (unpaired) electrons. The summed E-state index contributed by atoms with van der Waals surface area (Å²) >= 11 is 1.38. The molecule has 2 rings (SSSR count). The van der Waals surface area contributed by atoms with Gasteiger partial charge < -0.3 is 10.1 Å². The predicted molar refractivity (Wildman–Crippen MR) is 64.9 cm³/mol. The Hall–Kier alpha value is -1.69.